The third kappa shape index (κ3) is 4.67. The largest absolute Gasteiger partial charge is 0.339 e. The molecule has 2 aliphatic rings. The van der Waals surface area contributed by atoms with Crippen LogP contribution in [-0.4, -0.2) is 82.0 Å². The van der Waals surface area contributed by atoms with Gasteiger partial charge in [0, 0.05) is 48.9 Å². The molecule has 2 atom stereocenters. The molecule has 1 aromatic heterocycles. The molecule has 180 valence electrons. The Balaban J connectivity index is 1.41. The first-order valence-corrected chi connectivity index (χ1v) is 13.3. The minimum absolute atomic E-state index is 0.000167. The van der Waals surface area contributed by atoms with Crippen LogP contribution in [0.25, 0.3) is 11.0 Å². The van der Waals surface area contributed by atoms with Gasteiger partial charge >= 0.3 is 5.69 Å². The van der Waals surface area contributed by atoms with Crippen molar-refractivity contribution in [3.63, 3.8) is 0 Å². The molecule has 0 saturated carbocycles. The number of aromatic amines is 1. The molecular weight excluding hydrogens is 541 g/mol. The number of rotatable bonds is 6. The van der Waals surface area contributed by atoms with Crippen molar-refractivity contribution < 1.29 is 4.79 Å². The molecule has 0 radical (unpaired) electrons. The summed E-state index contributed by atoms with van der Waals surface area (Å²) in [4.78, 5) is 37.1. The van der Waals surface area contributed by atoms with E-state index in [1.807, 2.05) is 53.4 Å². The molecule has 1 N–H and O–H groups in total. The van der Waals surface area contributed by atoms with Crippen molar-refractivity contribution in [2.75, 3.05) is 45.8 Å². The van der Waals surface area contributed by atoms with Crippen molar-refractivity contribution in [1.82, 2.24) is 24.3 Å². The molecule has 0 aliphatic carbocycles. The number of amides is 1. The monoisotopic (exact) mass is 573 g/mol. The highest BCUT2D eigenvalue weighted by molar-refractivity contribution is 14.1. The molecule has 0 bridgehead atoms. The second kappa shape index (κ2) is 10.2. The van der Waals surface area contributed by atoms with Crippen molar-refractivity contribution >= 4 is 39.5 Å². The van der Waals surface area contributed by atoms with Gasteiger partial charge < -0.3 is 14.8 Å². The summed E-state index contributed by atoms with van der Waals surface area (Å²) in [5.74, 6) is 0.000167. The van der Waals surface area contributed by atoms with Crippen molar-refractivity contribution in [3.8, 4) is 0 Å². The number of H-pyrrole nitrogens is 1. The van der Waals surface area contributed by atoms with E-state index in [4.69, 9.17) is 0 Å². The maximum absolute atomic E-state index is 14.0. The summed E-state index contributed by atoms with van der Waals surface area (Å²) in [5, 5.41) is 0. The van der Waals surface area contributed by atoms with Crippen LogP contribution in [-0.2, 0) is 4.79 Å². The minimum Gasteiger partial charge on any atom is -0.339 e. The zero-order chi connectivity index (χ0) is 23.7. The molecule has 1 amide bonds. The Kier molecular flexibility index (Phi) is 7.08. The van der Waals surface area contributed by atoms with Gasteiger partial charge in [-0.25, -0.2) is 4.79 Å². The maximum atomic E-state index is 14.0. The van der Waals surface area contributed by atoms with Crippen LogP contribution in [0.1, 0.15) is 31.4 Å². The molecule has 5 rings (SSSR count). The van der Waals surface area contributed by atoms with Crippen molar-refractivity contribution in [2.45, 2.75) is 31.8 Å². The number of likely N-dealkylation sites (tertiary alicyclic amines) is 1. The van der Waals surface area contributed by atoms with E-state index in [0.29, 0.717) is 6.04 Å². The molecule has 2 aromatic carbocycles. The van der Waals surface area contributed by atoms with E-state index in [1.165, 1.54) is 13.0 Å². The number of halogens is 1. The smallest absolute Gasteiger partial charge is 0.327 e. The summed E-state index contributed by atoms with van der Waals surface area (Å²) in [7, 11) is 0. The summed E-state index contributed by atoms with van der Waals surface area (Å²) in [5.41, 5.74) is 2.11. The normalized spacial score (nSPS) is 20.8. The lowest BCUT2D eigenvalue weighted by Crippen LogP contribution is -2.51. The Hall–Kier alpha value is -2.17. The quantitative estimate of drug-likeness (QED) is 0.461. The first-order valence-electron chi connectivity index (χ1n) is 12.2. The fourth-order valence-corrected chi connectivity index (χ4v) is 5.94. The van der Waals surface area contributed by atoms with Gasteiger partial charge in [-0.15, -0.1) is 0 Å². The van der Waals surface area contributed by atoms with E-state index < -0.39 is 6.04 Å². The average molecular weight is 573 g/mol. The van der Waals surface area contributed by atoms with E-state index >= 15 is 0 Å². The van der Waals surface area contributed by atoms with Crippen molar-refractivity contribution in [1.29, 1.82) is 0 Å². The maximum Gasteiger partial charge on any atom is 0.327 e. The summed E-state index contributed by atoms with van der Waals surface area (Å²) in [6.07, 6.45) is 2.18. The number of carbonyl (C=O) groups is 1. The van der Waals surface area contributed by atoms with Crippen molar-refractivity contribution in [2.24, 2.45) is 0 Å². The molecule has 3 aromatic rings. The van der Waals surface area contributed by atoms with Crippen LogP contribution < -0.4 is 5.69 Å². The van der Waals surface area contributed by atoms with Gasteiger partial charge in [-0.2, -0.15) is 0 Å². The fraction of sp³-hybridized carbons (Fsp3) is 0.462. The highest BCUT2D eigenvalue weighted by Crippen LogP contribution is 2.28. The molecule has 0 spiro atoms. The van der Waals surface area contributed by atoms with Gasteiger partial charge in [0.15, 0.2) is 0 Å². The Morgan fingerprint density at radius 2 is 1.85 bits per heavy atom. The molecular formula is C26H32IN5O2. The zero-order valence-electron chi connectivity index (χ0n) is 19.6. The number of imidazole rings is 1. The lowest BCUT2D eigenvalue weighted by atomic mass is 10.0. The van der Waals surface area contributed by atoms with Crippen LogP contribution in [0.15, 0.2) is 53.3 Å². The van der Waals surface area contributed by atoms with E-state index in [9.17, 15) is 9.59 Å². The van der Waals surface area contributed by atoms with Gasteiger partial charge in [0.1, 0.15) is 6.04 Å². The van der Waals surface area contributed by atoms with Gasteiger partial charge in [0.2, 0.25) is 0 Å². The number of piperazine rings is 1. The highest BCUT2D eigenvalue weighted by Gasteiger charge is 2.36. The summed E-state index contributed by atoms with van der Waals surface area (Å²) in [6.45, 7) is 9.20. The number of nitrogens with zero attached hydrogens (tertiary/aromatic N) is 4. The molecule has 34 heavy (non-hydrogen) atoms. The molecule has 8 heteroatoms. The Labute approximate surface area is 213 Å². The van der Waals surface area contributed by atoms with Crippen molar-refractivity contribution in [3.05, 3.63) is 68.1 Å². The first kappa shape index (κ1) is 23.6. The second-order valence-corrected chi connectivity index (χ2v) is 10.6. The standard InChI is InChI=1S/C26H32IN5O2/c1-2-11-29-13-15-30(16-14-29)21-10-12-31(18-21)25(33)24(19-6-4-3-5-7-19)32-23-17-20(27)8-9-22(23)28-26(32)34/h3-9,17,21,24H,2,10-16,18H2,1H3,(H,28,34). The van der Waals surface area contributed by atoms with Gasteiger partial charge in [0.05, 0.1) is 11.0 Å². The molecule has 2 aliphatic heterocycles. The van der Waals surface area contributed by atoms with Gasteiger partial charge in [-0.1, -0.05) is 37.3 Å². The zero-order valence-corrected chi connectivity index (χ0v) is 21.8. The predicted molar refractivity (Wildman–Crippen MR) is 143 cm³/mol. The molecule has 2 saturated heterocycles. The van der Waals surface area contributed by atoms with Crippen LogP contribution in [0, 0.1) is 3.57 Å². The molecule has 7 nitrogen and oxygen atoms in total. The van der Waals surface area contributed by atoms with Crippen LogP contribution in [0.3, 0.4) is 0 Å². The number of benzene rings is 2. The second-order valence-electron chi connectivity index (χ2n) is 9.38. The lowest BCUT2D eigenvalue weighted by Gasteiger charge is -2.38. The molecule has 2 unspecified atom stereocenters. The molecule has 2 fully saturated rings. The Morgan fingerprint density at radius 3 is 2.59 bits per heavy atom. The van der Waals surface area contributed by atoms with E-state index in [-0.39, 0.29) is 11.6 Å². The fourth-order valence-electron chi connectivity index (χ4n) is 5.47. The minimum atomic E-state index is -0.680. The summed E-state index contributed by atoms with van der Waals surface area (Å²) < 4.78 is 2.67. The van der Waals surface area contributed by atoms with Gasteiger partial charge in [-0.05, 0) is 65.7 Å². The SMILES string of the molecule is CCCN1CCN(C2CCN(C(=O)C(c3ccccc3)n3c(=O)[nH]c4ccc(I)cc43)C2)CC1. The molecule has 3 heterocycles. The number of fused-ring (bicyclic) bond motifs is 1. The summed E-state index contributed by atoms with van der Waals surface area (Å²) in [6, 6.07) is 15.3. The van der Waals surface area contributed by atoms with E-state index in [1.54, 1.807) is 4.57 Å². The number of hydrogen-bond donors (Lipinski definition) is 1. The predicted octanol–water partition coefficient (Wildman–Crippen LogP) is 3.15. The van der Waals surface area contributed by atoms with Crippen LogP contribution in [0.5, 0.6) is 0 Å². The van der Waals surface area contributed by atoms with E-state index in [2.05, 4.69) is 44.3 Å². The summed E-state index contributed by atoms with van der Waals surface area (Å²) >= 11 is 2.25. The average Bonchev–Trinajstić information content (AvgIpc) is 3.46. The van der Waals surface area contributed by atoms with Crippen LogP contribution in [0.2, 0.25) is 0 Å². The third-order valence-corrected chi connectivity index (χ3v) is 7.90. The van der Waals surface area contributed by atoms with Gasteiger partial charge in [-0.3, -0.25) is 14.3 Å². The Morgan fingerprint density at radius 1 is 1.09 bits per heavy atom. The van der Waals surface area contributed by atoms with Gasteiger partial charge in [0.25, 0.3) is 5.91 Å². The Bertz CT molecular complexity index is 1200. The van der Waals surface area contributed by atoms with Crippen LogP contribution >= 0.6 is 22.6 Å². The topological polar surface area (TPSA) is 64.6 Å². The number of carbonyl (C=O) groups excluding carboxylic acids is 1. The highest BCUT2D eigenvalue weighted by atomic mass is 127. The van der Waals surface area contributed by atoms with Crippen LogP contribution in [0.4, 0.5) is 0 Å². The first-order chi connectivity index (χ1) is 16.5. The van der Waals surface area contributed by atoms with E-state index in [0.717, 1.165) is 65.9 Å². The lowest BCUT2D eigenvalue weighted by molar-refractivity contribution is -0.132. The number of nitrogens with one attached hydrogen (secondary N) is 1. The third-order valence-electron chi connectivity index (χ3n) is 7.23. The number of aromatic nitrogens is 2. The number of hydrogen-bond acceptors (Lipinski definition) is 4.